The minimum Gasteiger partial charge on any atom is -0.497 e. The van der Waals surface area contributed by atoms with Crippen molar-refractivity contribution in [1.29, 1.82) is 0 Å². The molecule has 6 nitrogen and oxygen atoms in total. The van der Waals surface area contributed by atoms with Crippen molar-refractivity contribution >= 4 is 11.6 Å². The lowest BCUT2D eigenvalue weighted by Crippen LogP contribution is -2.34. The number of nitrogens with one attached hydrogen (secondary N) is 1. The van der Waals surface area contributed by atoms with E-state index in [1.54, 1.807) is 32.2 Å². The summed E-state index contributed by atoms with van der Waals surface area (Å²) in [5, 5.41) is 7.25. The molecule has 1 atom stereocenters. The number of hydrogen-bond acceptors (Lipinski definition) is 4. The van der Waals surface area contributed by atoms with Crippen LogP contribution in [0.5, 0.6) is 5.75 Å². The van der Waals surface area contributed by atoms with E-state index >= 15 is 0 Å². The number of carbonyl (C=O) groups is 1. The second-order valence-electron chi connectivity index (χ2n) is 6.10. The van der Waals surface area contributed by atoms with E-state index in [2.05, 4.69) is 10.4 Å². The molecule has 126 valence electrons. The summed E-state index contributed by atoms with van der Waals surface area (Å²) in [6.45, 7) is 3.58. The zero-order valence-electron chi connectivity index (χ0n) is 14.1. The molecule has 0 bridgehead atoms. The molecule has 0 saturated carbocycles. The zero-order chi connectivity index (χ0) is 17.3. The Morgan fingerprint density at radius 2 is 2.12 bits per heavy atom. The monoisotopic (exact) mass is 327 g/mol. The highest BCUT2D eigenvalue weighted by Crippen LogP contribution is 2.22. The molecule has 6 heteroatoms. The lowest BCUT2D eigenvalue weighted by Gasteiger charge is -2.16. The van der Waals surface area contributed by atoms with E-state index in [0.29, 0.717) is 5.69 Å². The van der Waals surface area contributed by atoms with Gasteiger partial charge in [-0.15, -0.1) is 0 Å². The van der Waals surface area contributed by atoms with Gasteiger partial charge in [-0.3, -0.25) is 9.59 Å². The normalized spacial score (nSPS) is 14.1. The average molecular weight is 327 g/mol. The summed E-state index contributed by atoms with van der Waals surface area (Å²) in [5.74, 6) is 0.464. The number of amides is 1. The van der Waals surface area contributed by atoms with E-state index in [1.807, 2.05) is 13.0 Å². The van der Waals surface area contributed by atoms with Gasteiger partial charge in [-0.2, -0.15) is 5.10 Å². The molecule has 24 heavy (non-hydrogen) atoms. The second-order valence-corrected chi connectivity index (χ2v) is 6.10. The van der Waals surface area contributed by atoms with Gasteiger partial charge < -0.3 is 10.1 Å². The number of ether oxygens (including phenoxy) is 1. The van der Waals surface area contributed by atoms with Crippen LogP contribution in [-0.2, 0) is 17.6 Å². The molecule has 3 rings (SSSR count). The highest BCUT2D eigenvalue weighted by atomic mass is 16.5. The van der Waals surface area contributed by atoms with Crippen LogP contribution < -0.4 is 15.6 Å². The van der Waals surface area contributed by atoms with Crippen LogP contribution in [0.4, 0.5) is 5.69 Å². The molecule has 0 unspecified atom stereocenters. The van der Waals surface area contributed by atoms with Crippen LogP contribution >= 0.6 is 0 Å². The molecule has 2 aromatic rings. The molecule has 1 aromatic heterocycles. The molecule has 1 heterocycles. The van der Waals surface area contributed by atoms with E-state index in [-0.39, 0.29) is 11.5 Å². The van der Waals surface area contributed by atoms with Gasteiger partial charge in [0.15, 0.2) is 0 Å². The van der Waals surface area contributed by atoms with Gasteiger partial charge in [-0.1, -0.05) is 0 Å². The van der Waals surface area contributed by atoms with Gasteiger partial charge in [-0.25, -0.2) is 4.68 Å². The first-order valence-electron chi connectivity index (χ1n) is 8.06. The Kier molecular flexibility index (Phi) is 4.38. The van der Waals surface area contributed by atoms with E-state index in [0.717, 1.165) is 41.8 Å². The highest BCUT2D eigenvalue weighted by Gasteiger charge is 2.21. The molecular formula is C18H21N3O3. The number of hydrogen-bond donors (Lipinski definition) is 1. The highest BCUT2D eigenvalue weighted by molar-refractivity contribution is 5.94. The summed E-state index contributed by atoms with van der Waals surface area (Å²) >= 11 is 0. The maximum absolute atomic E-state index is 12.5. The molecule has 1 amide bonds. The molecule has 0 aliphatic heterocycles. The van der Waals surface area contributed by atoms with Crippen molar-refractivity contribution in [3.05, 3.63) is 51.4 Å². The van der Waals surface area contributed by atoms with Gasteiger partial charge in [-0.05, 0) is 62.4 Å². The molecular weight excluding hydrogens is 306 g/mol. The first kappa shape index (κ1) is 16.2. The summed E-state index contributed by atoms with van der Waals surface area (Å²) < 4.78 is 6.44. The average Bonchev–Trinajstić information content (AvgIpc) is 3.02. The van der Waals surface area contributed by atoms with Gasteiger partial charge in [0.05, 0.1) is 12.8 Å². The first-order valence-corrected chi connectivity index (χ1v) is 8.06. The van der Waals surface area contributed by atoms with Crippen molar-refractivity contribution in [2.75, 3.05) is 12.4 Å². The van der Waals surface area contributed by atoms with Crippen molar-refractivity contribution < 1.29 is 9.53 Å². The maximum Gasteiger partial charge on any atom is 0.267 e. The van der Waals surface area contributed by atoms with Crippen LogP contribution in [-0.4, -0.2) is 22.8 Å². The number of rotatable bonds is 4. The van der Waals surface area contributed by atoms with Crippen molar-refractivity contribution in [1.82, 2.24) is 9.78 Å². The fraction of sp³-hybridized carbons (Fsp3) is 0.389. The number of anilines is 1. The van der Waals surface area contributed by atoms with Crippen LogP contribution in [0.3, 0.4) is 0 Å². The van der Waals surface area contributed by atoms with Gasteiger partial charge in [0.1, 0.15) is 11.8 Å². The van der Waals surface area contributed by atoms with Crippen LogP contribution in [0.1, 0.15) is 36.2 Å². The molecule has 0 spiro atoms. The number of aromatic nitrogens is 2. The molecule has 1 aromatic carbocycles. The summed E-state index contributed by atoms with van der Waals surface area (Å²) in [6, 6.07) is 6.35. The maximum atomic E-state index is 12.5. The second kappa shape index (κ2) is 6.47. The number of fused-ring (bicyclic) bond motifs is 1. The lowest BCUT2D eigenvalue weighted by molar-refractivity contribution is -0.119. The fourth-order valence-corrected chi connectivity index (χ4v) is 2.94. The van der Waals surface area contributed by atoms with Crippen LogP contribution in [0, 0.1) is 6.92 Å². The van der Waals surface area contributed by atoms with E-state index in [9.17, 15) is 9.59 Å². The van der Waals surface area contributed by atoms with E-state index in [4.69, 9.17) is 4.74 Å². The largest absolute Gasteiger partial charge is 0.497 e. The smallest absolute Gasteiger partial charge is 0.267 e. The van der Waals surface area contributed by atoms with Crippen LogP contribution in [0.25, 0.3) is 0 Å². The van der Waals surface area contributed by atoms with E-state index in [1.165, 1.54) is 4.68 Å². The number of carbonyl (C=O) groups excluding carboxylic acids is 1. The van der Waals surface area contributed by atoms with Crippen molar-refractivity contribution in [2.24, 2.45) is 0 Å². The number of nitrogens with zero attached hydrogens (tertiary/aromatic N) is 2. The molecule has 0 radical (unpaired) electrons. The van der Waals surface area contributed by atoms with Crippen LogP contribution in [0.2, 0.25) is 0 Å². The summed E-state index contributed by atoms with van der Waals surface area (Å²) in [7, 11) is 1.60. The quantitative estimate of drug-likeness (QED) is 0.935. The summed E-state index contributed by atoms with van der Waals surface area (Å²) in [6.07, 6.45) is 2.77. The van der Waals surface area contributed by atoms with E-state index < -0.39 is 6.04 Å². The molecule has 1 aliphatic rings. The third kappa shape index (κ3) is 3.04. The Balaban J connectivity index is 1.82. The molecule has 1 N–H and O–H groups in total. The number of benzene rings is 1. The number of aryl methyl sites for hydroxylation is 3. The zero-order valence-corrected chi connectivity index (χ0v) is 14.1. The van der Waals surface area contributed by atoms with Crippen molar-refractivity contribution in [3.8, 4) is 5.75 Å². The Bertz CT molecular complexity index is 842. The van der Waals surface area contributed by atoms with Crippen LogP contribution in [0.15, 0.2) is 29.1 Å². The first-order chi connectivity index (χ1) is 11.5. The summed E-state index contributed by atoms with van der Waals surface area (Å²) in [4.78, 5) is 24.8. The van der Waals surface area contributed by atoms with Gasteiger partial charge in [0.25, 0.3) is 5.56 Å². The number of methoxy groups -OCH3 is 1. The third-order valence-electron chi connectivity index (χ3n) is 4.42. The predicted molar refractivity (Wildman–Crippen MR) is 91.6 cm³/mol. The minimum absolute atomic E-state index is 0.232. The topological polar surface area (TPSA) is 73.2 Å². The minimum atomic E-state index is -0.676. The van der Waals surface area contributed by atoms with Gasteiger partial charge in [0.2, 0.25) is 5.91 Å². The van der Waals surface area contributed by atoms with Crippen molar-refractivity contribution in [3.63, 3.8) is 0 Å². The molecule has 1 aliphatic carbocycles. The Morgan fingerprint density at radius 1 is 1.33 bits per heavy atom. The van der Waals surface area contributed by atoms with Crippen molar-refractivity contribution in [2.45, 2.75) is 39.2 Å². The predicted octanol–water partition coefficient (Wildman–Crippen LogP) is 2.25. The Labute approximate surface area is 140 Å². The SMILES string of the molecule is COc1ccc(NC(=O)[C@H](C)n2nc3c(cc2=O)CCC3)c(C)c1. The third-order valence-corrected chi connectivity index (χ3v) is 4.42. The van der Waals surface area contributed by atoms with Gasteiger partial charge in [0, 0.05) is 11.8 Å². The Hall–Kier alpha value is -2.63. The fourth-order valence-electron chi connectivity index (χ4n) is 2.94. The Morgan fingerprint density at radius 3 is 2.83 bits per heavy atom. The molecule has 0 saturated heterocycles. The standard InChI is InChI=1S/C18H21N3O3/c1-11-9-14(24-3)7-8-15(11)19-18(23)12(2)21-17(22)10-13-5-4-6-16(13)20-21/h7-10,12H,4-6H2,1-3H3,(H,19,23)/t12-/m0/s1. The molecule has 0 fully saturated rings. The lowest BCUT2D eigenvalue weighted by atomic mass is 10.1. The summed E-state index contributed by atoms with van der Waals surface area (Å²) in [5.41, 5.74) is 3.29. The van der Waals surface area contributed by atoms with Gasteiger partial charge >= 0.3 is 0 Å².